The van der Waals surface area contributed by atoms with Crippen molar-refractivity contribution in [3.8, 4) is 0 Å². The number of aryl methyl sites for hydroxylation is 1. The highest BCUT2D eigenvalue weighted by Gasteiger charge is 2.03. The van der Waals surface area contributed by atoms with Gasteiger partial charge in [0.25, 0.3) is 0 Å². The second kappa shape index (κ2) is 6.78. The van der Waals surface area contributed by atoms with Crippen LogP contribution >= 0.6 is 15.9 Å². The molecule has 2 N–H and O–H groups in total. The van der Waals surface area contributed by atoms with Crippen LogP contribution in [0.15, 0.2) is 10.7 Å². The van der Waals surface area contributed by atoms with Crippen LogP contribution in [0.4, 0.5) is 5.82 Å². The number of aliphatic hydroxyl groups excluding tert-OH is 1. The Balaban J connectivity index is 2.37. The Hall–Kier alpha value is -0.720. The first-order valence-corrected chi connectivity index (χ1v) is 5.83. The molecule has 5 nitrogen and oxygen atoms in total. The van der Waals surface area contributed by atoms with Crippen LogP contribution in [0.5, 0.6) is 0 Å². The van der Waals surface area contributed by atoms with Crippen molar-refractivity contribution in [2.24, 2.45) is 0 Å². The molecule has 0 fully saturated rings. The molecule has 1 rings (SSSR count). The van der Waals surface area contributed by atoms with Gasteiger partial charge in [-0.2, -0.15) is 0 Å². The third kappa shape index (κ3) is 4.87. The van der Waals surface area contributed by atoms with Gasteiger partial charge in [0.1, 0.15) is 16.2 Å². The highest BCUT2D eigenvalue weighted by Crippen LogP contribution is 2.11. The van der Waals surface area contributed by atoms with Crippen LogP contribution in [0.3, 0.4) is 0 Å². The SMILES string of the molecule is COCC(O)CCNc1cc(Br)nc(C)n1. The number of nitrogens with zero attached hydrogens (tertiary/aromatic N) is 2. The first kappa shape index (κ1) is 13.3. The van der Waals surface area contributed by atoms with Gasteiger partial charge in [-0.1, -0.05) is 0 Å². The van der Waals surface area contributed by atoms with Crippen molar-refractivity contribution in [2.45, 2.75) is 19.4 Å². The van der Waals surface area contributed by atoms with E-state index < -0.39 is 6.10 Å². The third-order valence-electron chi connectivity index (χ3n) is 1.95. The molecule has 1 heterocycles. The fourth-order valence-electron chi connectivity index (χ4n) is 1.26. The Bertz CT molecular complexity index is 316. The molecule has 0 spiro atoms. The minimum Gasteiger partial charge on any atom is -0.391 e. The van der Waals surface area contributed by atoms with Crippen molar-refractivity contribution in [3.63, 3.8) is 0 Å². The van der Waals surface area contributed by atoms with Crippen LogP contribution in [-0.2, 0) is 4.74 Å². The predicted molar refractivity (Wildman–Crippen MR) is 65.5 cm³/mol. The van der Waals surface area contributed by atoms with Gasteiger partial charge in [-0.05, 0) is 29.3 Å². The maximum atomic E-state index is 9.43. The van der Waals surface area contributed by atoms with Crippen LogP contribution in [0.25, 0.3) is 0 Å². The van der Waals surface area contributed by atoms with Gasteiger partial charge in [-0.15, -0.1) is 0 Å². The van der Waals surface area contributed by atoms with Gasteiger partial charge in [0.2, 0.25) is 0 Å². The summed E-state index contributed by atoms with van der Waals surface area (Å²) in [6.07, 6.45) is 0.179. The molecule has 0 saturated carbocycles. The molecule has 0 aliphatic rings. The van der Waals surface area contributed by atoms with Gasteiger partial charge in [-0.25, -0.2) is 9.97 Å². The molecule has 6 heteroatoms. The van der Waals surface area contributed by atoms with E-state index in [2.05, 4.69) is 31.2 Å². The van der Waals surface area contributed by atoms with Gasteiger partial charge < -0.3 is 15.2 Å². The number of hydrogen-bond donors (Lipinski definition) is 2. The lowest BCUT2D eigenvalue weighted by atomic mass is 10.2. The average molecular weight is 290 g/mol. The highest BCUT2D eigenvalue weighted by atomic mass is 79.9. The Labute approximate surface area is 103 Å². The van der Waals surface area contributed by atoms with Crippen LogP contribution in [0, 0.1) is 6.92 Å². The van der Waals surface area contributed by atoms with E-state index in [9.17, 15) is 5.11 Å². The summed E-state index contributed by atoms with van der Waals surface area (Å²) in [5.74, 6) is 1.46. The van der Waals surface area contributed by atoms with Gasteiger partial charge in [0, 0.05) is 19.7 Å². The van der Waals surface area contributed by atoms with Gasteiger partial charge in [0.05, 0.1) is 12.7 Å². The zero-order chi connectivity index (χ0) is 12.0. The topological polar surface area (TPSA) is 67.3 Å². The van der Waals surface area contributed by atoms with E-state index in [1.165, 1.54) is 0 Å². The van der Waals surface area contributed by atoms with Gasteiger partial charge in [0.15, 0.2) is 0 Å². The van der Waals surface area contributed by atoms with Crippen molar-refractivity contribution in [3.05, 3.63) is 16.5 Å². The largest absolute Gasteiger partial charge is 0.391 e. The number of rotatable bonds is 6. The molecule has 90 valence electrons. The number of ether oxygens (including phenoxy) is 1. The number of aromatic nitrogens is 2. The molecule has 16 heavy (non-hydrogen) atoms. The summed E-state index contributed by atoms with van der Waals surface area (Å²) in [4.78, 5) is 8.31. The summed E-state index contributed by atoms with van der Waals surface area (Å²) < 4.78 is 5.58. The first-order valence-electron chi connectivity index (χ1n) is 5.04. The van der Waals surface area contributed by atoms with Crippen LogP contribution in [0.2, 0.25) is 0 Å². The maximum Gasteiger partial charge on any atom is 0.130 e. The van der Waals surface area contributed by atoms with Crippen molar-refractivity contribution in [1.82, 2.24) is 9.97 Å². The second-order valence-corrected chi connectivity index (χ2v) is 4.26. The minimum absolute atomic E-state index is 0.355. The summed E-state index contributed by atoms with van der Waals surface area (Å²) in [5.41, 5.74) is 0. The van der Waals surface area contributed by atoms with E-state index >= 15 is 0 Å². The van der Waals surface area contributed by atoms with Crippen molar-refractivity contribution in [1.29, 1.82) is 0 Å². The van der Waals surface area contributed by atoms with E-state index in [0.29, 0.717) is 25.4 Å². The summed E-state index contributed by atoms with van der Waals surface area (Å²) in [7, 11) is 1.57. The summed E-state index contributed by atoms with van der Waals surface area (Å²) in [6, 6.07) is 1.80. The summed E-state index contributed by atoms with van der Waals surface area (Å²) >= 11 is 3.30. The first-order chi connectivity index (χ1) is 7.61. The molecule has 1 aromatic rings. The standard InChI is InChI=1S/C10H16BrN3O2/c1-7-13-9(11)5-10(14-7)12-4-3-8(15)6-16-2/h5,8,15H,3-4,6H2,1-2H3,(H,12,13,14). The highest BCUT2D eigenvalue weighted by molar-refractivity contribution is 9.10. The van der Waals surface area contributed by atoms with Gasteiger partial charge in [-0.3, -0.25) is 0 Å². The molecule has 0 radical (unpaired) electrons. The van der Waals surface area contributed by atoms with E-state index in [1.54, 1.807) is 13.2 Å². The third-order valence-corrected chi connectivity index (χ3v) is 2.36. The van der Waals surface area contributed by atoms with Crippen molar-refractivity contribution in [2.75, 3.05) is 25.6 Å². The van der Waals surface area contributed by atoms with Crippen LogP contribution in [0.1, 0.15) is 12.2 Å². The molecule has 0 aliphatic carbocycles. The summed E-state index contributed by atoms with van der Waals surface area (Å²) in [6.45, 7) is 2.83. The lowest BCUT2D eigenvalue weighted by Crippen LogP contribution is -2.18. The Morgan fingerprint density at radius 2 is 2.31 bits per heavy atom. The fraction of sp³-hybridized carbons (Fsp3) is 0.600. The Morgan fingerprint density at radius 3 is 2.94 bits per heavy atom. The molecule has 0 saturated heterocycles. The normalized spacial score (nSPS) is 12.5. The van der Waals surface area contributed by atoms with Crippen molar-refractivity contribution >= 4 is 21.7 Å². The van der Waals surface area contributed by atoms with Crippen molar-refractivity contribution < 1.29 is 9.84 Å². The zero-order valence-electron chi connectivity index (χ0n) is 9.40. The monoisotopic (exact) mass is 289 g/mol. The van der Waals surface area contributed by atoms with Gasteiger partial charge >= 0.3 is 0 Å². The lowest BCUT2D eigenvalue weighted by molar-refractivity contribution is 0.0615. The molecular weight excluding hydrogens is 274 g/mol. The molecular formula is C10H16BrN3O2. The van der Waals surface area contributed by atoms with Crippen LogP contribution < -0.4 is 5.32 Å². The molecule has 1 aromatic heterocycles. The second-order valence-electron chi connectivity index (χ2n) is 3.45. The Kier molecular flexibility index (Phi) is 5.65. The number of hydrogen-bond acceptors (Lipinski definition) is 5. The molecule has 0 bridgehead atoms. The molecule has 1 atom stereocenters. The molecule has 0 aromatic carbocycles. The fourth-order valence-corrected chi connectivity index (χ4v) is 1.74. The quantitative estimate of drug-likeness (QED) is 0.774. The number of halogens is 1. The van der Waals surface area contributed by atoms with E-state index in [-0.39, 0.29) is 0 Å². The predicted octanol–water partition coefficient (Wildman–Crippen LogP) is 1.36. The Morgan fingerprint density at radius 1 is 1.56 bits per heavy atom. The zero-order valence-corrected chi connectivity index (χ0v) is 11.0. The number of aliphatic hydroxyl groups is 1. The molecule has 1 unspecified atom stereocenters. The maximum absolute atomic E-state index is 9.43. The number of nitrogens with one attached hydrogen (secondary N) is 1. The smallest absolute Gasteiger partial charge is 0.130 e. The van der Waals surface area contributed by atoms with Crippen LogP contribution in [-0.4, -0.2) is 41.4 Å². The molecule has 0 amide bonds. The van der Waals surface area contributed by atoms with E-state index in [0.717, 1.165) is 10.4 Å². The molecule has 0 aliphatic heterocycles. The summed E-state index contributed by atoms with van der Waals surface area (Å²) in [5, 5.41) is 12.5. The number of anilines is 1. The minimum atomic E-state index is -0.441. The number of methoxy groups -OCH3 is 1. The van der Waals surface area contributed by atoms with E-state index in [4.69, 9.17) is 4.74 Å². The van der Waals surface area contributed by atoms with E-state index in [1.807, 2.05) is 6.92 Å². The lowest BCUT2D eigenvalue weighted by Gasteiger charge is -2.10. The average Bonchev–Trinajstić information content (AvgIpc) is 2.16.